The van der Waals surface area contributed by atoms with Crippen LogP contribution in [0.15, 0.2) is 86.1 Å². The molecule has 0 unspecified atom stereocenters. The van der Waals surface area contributed by atoms with Gasteiger partial charge in [0.2, 0.25) is 0 Å². The monoisotopic (exact) mass is 618 g/mol. The van der Waals surface area contributed by atoms with Crippen LogP contribution in [0.2, 0.25) is 0 Å². The van der Waals surface area contributed by atoms with Crippen molar-refractivity contribution in [3.05, 3.63) is 92.4 Å². The Hall–Kier alpha value is -3.28. The number of urea groups is 1. The number of imide groups is 2. The first kappa shape index (κ1) is 24.8. The second kappa shape index (κ2) is 9.76. The number of amides is 4. The van der Waals surface area contributed by atoms with Crippen LogP contribution in [-0.4, -0.2) is 26.3 Å². The normalized spacial score (nSPS) is 15.3. The van der Waals surface area contributed by atoms with Gasteiger partial charge in [-0.1, -0.05) is 51.8 Å². The summed E-state index contributed by atoms with van der Waals surface area (Å²) in [4.78, 5) is 38.9. The highest BCUT2D eigenvalue weighted by Crippen LogP contribution is 2.37. The number of benzene rings is 3. The maximum absolute atomic E-state index is 13.2. The van der Waals surface area contributed by atoms with E-state index in [1.807, 2.05) is 6.92 Å². The Balaban J connectivity index is 1.79. The fourth-order valence-electron chi connectivity index (χ4n) is 3.26. The van der Waals surface area contributed by atoms with E-state index in [1.165, 1.54) is 24.3 Å². The summed E-state index contributed by atoms with van der Waals surface area (Å²) in [5, 5.41) is 2.13. The molecule has 11 heteroatoms. The lowest BCUT2D eigenvalue weighted by Gasteiger charge is -2.26. The van der Waals surface area contributed by atoms with E-state index in [-0.39, 0.29) is 31.9 Å². The molecule has 1 saturated heterocycles. The highest BCUT2D eigenvalue weighted by molar-refractivity contribution is 9.11. The summed E-state index contributed by atoms with van der Waals surface area (Å²) in [7, 11) is -4.24. The van der Waals surface area contributed by atoms with Crippen LogP contribution in [0.25, 0.3) is 6.08 Å². The summed E-state index contributed by atoms with van der Waals surface area (Å²) in [6, 6.07) is 16.3. The summed E-state index contributed by atoms with van der Waals surface area (Å²) >= 11 is 6.61. The molecule has 1 aliphatic heterocycles. The molecule has 1 heterocycles. The first-order chi connectivity index (χ1) is 16.6. The van der Waals surface area contributed by atoms with Crippen molar-refractivity contribution in [1.82, 2.24) is 5.32 Å². The number of carbonyl (C=O) groups excluding carboxylic acids is 3. The predicted octanol–water partition coefficient (Wildman–Crippen LogP) is 4.95. The Labute approximate surface area is 218 Å². The lowest BCUT2D eigenvalue weighted by molar-refractivity contribution is -0.122. The van der Waals surface area contributed by atoms with Crippen LogP contribution in [0, 0.1) is 6.92 Å². The number of hydrogen-bond donors (Lipinski definition) is 1. The molecule has 1 fully saturated rings. The van der Waals surface area contributed by atoms with Crippen molar-refractivity contribution in [1.29, 1.82) is 0 Å². The molecular formula is C24H16Br2N2O6S. The first-order valence-corrected chi connectivity index (χ1v) is 13.0. The summed E-state index contributed by atoms with van der Waals surface area (Å²) in [5.74, 6) is -1.92. The van der Waals surface area contributed by atoms with Gasteiger partial charge in [-0.2, -0.15) is 8.42 Å². The van der Waals surface area contributed by atoms with Gasteiger partial charge in [0.25, 0.3) is 11.8 Å². The van der Waals surface area contributed by atoms with E-state index in [9.17, 15) is 22.8 Å². The molecule has 4 rings (SSSR count). The van der Waals surface area contributed by atoms with E-state index >= 15 is 0 Å². The third-order valence-electron chi connectivity index (χ3n) is 4.96. The number of rotatable bonds is 5. The minimum atomic E-state index is -4.24. The van der Waals surface area contributed by atoms with Crippen molar-refractivity contribution in [3.8, 4) is 5.75 Å². The molecule has 1 aliphatic rings. The molecule has 0 spiro atoms. The Morgan fingerprint density at radius 2 is 1.60 bits per heavy atom. The van der Waals surface area contributed by atoms with Gasteiger partial charge in [0.05, 0.1) is 10.2 Å². The number of carbonyl (C=O) groups is 3. The van der Waals surface area contributed by atoms with Crippen LogP contribution in [0.4, 0.5) is 10.5 Å². The molecule has 0 bridgehead atoms. The predicted molar refractivity (Wildman–Crippen MR) is 136 cm³/mol. The van der Waals surface area contributed by atoms with E-state index in [0.29, 0.717) is 4.47 Å². The second-order valence-electron chi connectivity index (χ2n) is 7.45. The third-order valence-corrected chi connectivity index (χ3v) is 7.24. The van der Waals surface area contributed by atoms with E-state index in [2.05, 4.69) is 37.2 Å². The Bertz CT molecular complexity index is 1490. The summed E-state index contributed by atoms with van der Waals surface area (Å²) in [5.41, 5.74) is 0.875. The fraction of sp³-hybridized carbons (Fsp3) is 0.0417. The largest absolute Gasteiger partial charge is 0.377 e. The van der Waals surface area contributed by atoms with Crippen LogP contribution in [0.1, 0.15) is 11.1 Å². The smallest absolute Gasteiger partial charge is 0.339 e. The molecule has 0 saturated carbocycles. The van der Waals surface area contributed by atoms with Gasteiger partial charge in [0.1, 0.15) is 10.5 Å². The molecule has 3 aromatic rings. The van der Waals surface area contributed by atoms with E-state index < -0.39 is 28.0 Å². The van der Waals surface area contributed by atoms with Gasteiger partial charge in [-0.15, -0.1) is 0 Å². The Morgan fingerprint density at radius 3 is 2.26 bits per heavy atom. The Morgan fingerprint density at radius 1 is 0.943 bits per heavy atom. The van der Waals surface area contributed by atoms with E-state index in [1.54, 1.807) is 48.5 Å². The van der Waals surface area contributed by atoms with Gasteiger partial charge < -0.3 is 4.18 Å². The first-order valence-electron chi connectivity index (χ1n) is 10.0. The maximum atomic E-state index is 13.2. The lowest BCUT2D eigenvalue weighted by Crippen LogP contribution is -2.54. The van der Waals surface area contributed by atoms with Crippen molar-refractivity contribution < 1.29 is 27.0 Å². The number of hydrogen-bond acceptors (Lipinski definition) is 6. The standard InChI is InChI=1S/C24H16Br2N2O6S/c1-14-7-9-18(10-8-14)35(32,33)34-21-15(11-16(25)13-20(21)26)12-19-22(29)27-24(31)28(23(19)30)17-5-3-2-4-6-17/h2-13H,1H3,(H,27,29,31)/b19-12+. The van der Waals surface area contributed by atoms with Crippen molar-refractivity contribution >= 4 is 71.6 Å². The molecular weight excluding hydrogens is 604 g/mol. The molecule has 4 amide bonds. The quantitative estimate of drug-likeness (QED) is 0.246. The van der Waals surface area contributed by atoms with Crippen molar-refractivity contribution in [3.63, 3.8) is 0 Å². The van der Waals surface area contributed by atoms with Crippen LogP contribution >= 0.6 is 31.9 Å². The molecule has 1 N–H and O–H groups in total. The molecule has 178 valence electrons. The van der Waals surface area contributed by atoms with Gasteiger partial charge in [-0.05, 0) is 65.3 Å². The van der Waals surface area contributed by atoms with Gasteiger partial charge in [-0.25, -0.2) is 9.69 Å². The van der Waals surface area contributed by atoms with Crippen molar-refractivity contribution in [2.45, 2.75) is 11.8 Å². The number of para-hydroxylation sites is 1. The fourth-order valence-corrected chi connectivity index (χ4v) is 5.68. The van der Waals surface area contributed by atoms with Gasteiger partial charge in [0, 0.05) is 10.0 Å². The minimum Gasteiger partial charge on any atom is -0.377 e. The molecule has 3 aromatic carbocycles. The maximum Gasteiger partial charge on any atom is 0.339 e. The Kier molecular flexibility index (Phi) is 6.93. The summed E-state index contributed by atoms with van der Waals surface area (Å²) in [6.07, 6.45) is 1.18. The molecule has 0 radical (unpaired) electrons. The second-order valence-corrected chi connectivity index (χ2v) is 10.8. The summed E-state index contributed by atoms with van der Waals surface area (Å²) in [6.45, 7) is 1.82. The average molecular weight is 620 g/mol. The van der Waals surface area contributed by atoms with Crippen molar-refractivity contribution in [2.75, 3.05) is 4.90 Å². The number of halogens is 2. The SMILES string of the molecule is Cc1ccc(S(=O)(=O)Oc2c(Br)cc(Br)cc2/C=C2\C(=O)NC(=O)N(c3ccccc3)C2=O)cc1. The van der Waals surface area contributed by atoms with Gasteiger partial charge in [0.15, 0.2) is 5.75 Å². The van der Waals surface area contributed by atoms with E-state index in [4.69, 9.17) is 4.18 Å². The van der Waals surface area contributed by atoms with Crippen LogP contribution in [0.3, 0.4) is 0 Å². The zero-order valence-corrected chi connectivity index (χ0v) is 22.0. The molecule has 35 heavy (non-hydrogen) atoms. The number of barbiturate groups is 1. The zero-order valence-electron chi connectivity index (χ0n) is 18.0. The molecule has 8 nitrogen and oxygen atoms in total. The van der Waals surface area contributed by atoms with Gasteiger partial charge in [-0.3, -0.25) is 14.9 Å². The van der Waals surface area contributed by atoms with Crippen molar-refractivity contribution in [2.24, 2.45) is 0 Å². The van der Waals surface area contributed by atoms with Crippen LogP contribution in [0.5, 0.6) is 5.75 Å². The molecule has 0 aromatic heterocycles. The van der Waals surface area contributed by atoms with Gasteiger partial charge >= 0.3 is 16.1 Å². The third kappa shape index (κ3) is 5.21. The number of aryl methyl sites for hydroxylation is 1. The highest BCUT2D eigenvalue weighted by Gasteiger charge is 2.37. The van der Waals surface area contributed by atoms with E-state index in [0.717, 1.165) is 10.5 Å². The zero-order chi connectivity index (χ0) is 25.3. The highest BCUT2D eigenvalue weighted by atomic mass is 79.9. The lowest BCUT2D eigenvalue weighted by atomic mass is 10.1. The summed E-state index contributed by atoms with van der Waals surface area (Å²) < 4.78 is 32.1. The molecule has 0 atom stereocenters. The van der Waals surface area contributed by atoms with Crippen LogP contribution < -0.4 is 14.4 Å². The van der Waals surface area contributed by atoms with Crippen LogP contribution in [-0.2, 0) is 19.7 Å². The number of nitrogens with zero attached hydrogens (tertiary/aromatic N) is 1. The molecule has 0 aliphatic carbocycles. The topological polar surface area (TPSA) is 110 Å². The number of nitrogens with one attached hydrogen (secondary N) is 1. The number of anilines is 1. The minimum absolute atomic E-state index is 0.0659. The average Bonchev–Trinajstić information content (AvgIpc) is 2.79.